The Morgan fingerprint density at radius 3 is 2.82 bits per heavy atom. The number of aromatic nitrogens is 1. The number of ketones is 1. The largest absolute Gasteiger partial charge is 0.512 e. The first-order chi connectivity index (χ1) is 13.5. The highest BCUT2D eigenvalue weighted by Crippen LogP contribution is 2.60. The van der Waals surface area contributed by atoms with Crippen molar-refractivity contribution in [2.75, 3.05) is 20.7 Å². The molecule has 1 saturated carbocycles. The van der Waals surface area contributed by atoms with Gasteiger partial charge in [0.25, 0.3) is 5.88 Å². The van der Waals surface area contributed by atoms with Crippen LogP contribution in [-0.2, 0) is 0 Å². The van der Waals surface area contributed by atoms with Crippen LogP contribution < -0.4 is 4.74 Å². The van der Waals surface area contributed by atoms with E-state index >= 15 is 0 Å². The number of hydrogen-bond donors (Lipinski definition) is 1. The topological polar surface area (TPSA) is 75.8 Å². The Kier molecular flexibility index (Phi) is 4.16. The molecular formula is C22H28N2O4. The van der Waals surface area contributed by atoms with Gasteiger partial charge in [0, 0.05) is 17.4 Å². The Labute approximate surface area is 165 Å². The minimum absolute atomic E-state index is 0.0690. The minimum atomic E-state index is -0.159. The summed E-state index contributed by atoms with van der Waals surface area (Å²) in [6.07, 6.45) is 8.42. The third kappa shape index (κ3) is 2.36. The molecule has 0 aliphatic heterocycles. The molecule has 6 heteroatoms. The molecule has 0 radical (unpaired) electrons. The zero-order valence-electron chi connectivity index (χ0n) is 16.7. The predicted molar refractivity (Wildman–Crippen MR) is 103 cm³/mol. The molecule has 1 N–H and O–H groups in total. The number of hydrogen-bond acceptors (Lipinski definition) is 6. The van der Waals surface area contributed by atoms with Gasteiger partial charge < -0.3 is 14.4 Å². The lowest BCUT2D eigenvalue weighted by atomic mass is 9.63. The lowest BCUT2D eigenvalue weighted by Gasteiger charge is -2.43. The van der Waals surface area contributed by atoms with Gasteiger partial charge in [-0.05, 0) is 56.3 Å². The van der Waals surface area contributed by atoms with Gasteiger partial charge in [-0.2, -0.15) is 0 Å². The number of ether oxygens (including phenoxy) is 1. The standard InChI is InChI=1S/C22H28N2O4/c1-4-5-8-27-22-17-20(26)16-14(18(24(2)3)21(17)28-23-22)10-13-11-6-7-12(9-11)15(13)19(16)25/h6-7,11-15,18,25H,4-5,8-10H2,1-3H3/t11-,12+,13-,14+,15+,18+/m0/s1. The molecule has 1 heterocycles. The van der Waals surface area contributed by atoms with E-state index < -0.39 is 0 Å². The second-order valence-electron chi connectivity index (χ2n) is 8.95. The molecule has 0 aromatic carbocycles. The molecule has 4 aliphatic rings. The molecule has 0 amide bonds. The van der Waals surface area contributed by atoms with Gasteiger partial charge in [0.1, 0.15) is 11.3 Å². The van der Waals surface area contributed by atoms with E-state index in [2.05, 4.69) is 29.1 Å². The number of carbonyl (C=O) groups is 1. The summed E-state index contributed by atoms with van der Waals surface area (Å²) in [5.41, 5.74) is 0.974. The fourth-order valence-electron chi connectivity index (χ4n) is 6.03. The predicted octanol–water partition coefficient (Wildman–Crippen LogP) is 3.92. The van der Waals surface area contributed by atoms with E-state index in [9.17, 15) is 9.90 Å². The highest BCUT2D eigenvalue weighted by Gasteiger charge is 2.56. The van der Waals surface area contributed by atoms with E-state index in [1.807, 2.05) is 14.1 Å². The van der Waals surface area contributed by atoms with Gasteiger partial charge in [-0.3, -0.25) is 9.69 Å². The monoisotopic (exact) mass is 384 g/mol. The van der Waals surface area contributed by atoms with Gasteiger partial charge in [0.05, 0.1) is 12.6 Å². The Hall–Kier alpha value is -2.08. The molecule has 1 fully saturated rings. The van der Waals surface area contributed by atoms with Crippen LogP contribution in [0.2, 0.25) is 0 Å². The third-order valence-corrected chi connectivity index (χ3v) is 7.21. The maximum Gasteiger partial charge on any atom is 0.265 e. The van der Waals surface area contributed by atoms with Gasteiger partial charge in [0.2, 0.25) is 5.78 Å². The van der Waals surface area contributed by atoms with E-state index in [4.69, 9.17) is 9.26 Å². The number of aliphatic hydroxyl groups excluding tert-OH is 1. The summed E-state index contributed by atoms with van der Waals surface area (Å²) in [6.45, 7) is 2.59. The fourth-order valence-corrected chi connectivity index (χ4v) is 6.03. The summed E-state index contributed by atoms with van der Waals surface area (Å²) >= 11 is 0. The van der Waals surface area contributed by atoms with Crippen molar-refractivity contribution in [3.05, 3.63) is 34.8 Å². The van der Waals surface area contributed by atoms with Crippen molar-refractivity contribution in [2.24, 2.45) is 29.6 Å². The number of unbranched alkanes of at least 4 members (excludes halogenated alkanes) is 1. The van der Waals surface area contributed by atoms with E-state index in [1.54, 1.807) is 0 Å². The van der Waals surface area contributed by atoms with Gasteiger partial charge in [-0.15, -0.1) is 0 Å². The van der Waals surface area contributed by atoms with Crippen molar-refractivity contribution in [1.82, 2.24) is 10.1 Å². The van der Waals surface area contributed by atoms with Gasteiger partial charge in [-0.25, -0.2) is 0 Å². The smallest absolute Gasteiger partial charge is 0.265 e. The van der Waals surface area contributed by atoms with E-state index in [0.29, 0.717) is 47.0 Å². The molecule has 6 nitrogen and oxygen atoms in total. The van der Waals surface area contributed by atoms with E-state index in [1.165, 1.54) is 0 Å². The van der Waals surface area contributed by atoms with Crippen LogP contribution in [0, 0.1) is 29.6 Å². The van der Waals surface area contributed by atoms with Crippen LogP contribution in [0.5, 0.6) is 5.88 Å². The van der Waals surface area contributed by atoms with E-state index in [0.717, 1.165) is 25.7 Å². The Morgan fingerprint density at radius 2 is 2.07 bits per heavy atom. The number of allylic oxidation sites excluding steroid dienone is 3. The zero-order valence-corrected chi connectivity index (χ0v) is 16.7. The molecule has 4 aliphatic carbocycles. The van der Waals surface area contributed by atoms with E-state index in [-0.39, 0.29) is 29.5 Å². The molecule has 6 atom stereocenters. The lowest BCUT2D eigenvalue weighted by molar-refractivity contribution is 0.0821. The molecule has 28 heavy (non-hydrogen) atoms. The normalized spacial score (nSPS) is 35.4. The Balaban J connectivity index is 1.60. The molecule has 150 valence electrons. The molecule has 1 aromatic rings. The van der Waals surface area contributed by atoms with Crippen LogP contribution in [0.4, 0.5) is 0 Å². The molecular weight excluding hydrogens is 356 g/mol. The van der Waals surface area contributed by atoms with Gasteiger partial charge >= 0.3 is 0 Å². The molecule has 0 saturated heterocycles. The summed E-state index contributed by atoms with van der Waals surface area (Å²) in [5, 5.41) is 15.3. The Bertz CT molecular complexity index is 868. The first kappa shape index (κ1) is 18.0. The summed E-state index contributed by atoms with van der Waals surface area (Å²) in [4.78, 5) is 15.6. The molecule has 1 aromatic heterocycles. The number of Topliss-reactive ketones (excluding diaryl/α,β-unsaturated/α-hetero) is 1. The van der Waals surface area contributed by atoms with Crippen molar-refractivity contribution in [3.63, 3.8) is 0 Å². The quantitative estimate of drug-likeness (QED) is 0.612. The number of rotatable bonds is 5. The van der Waals surface area contributed by atoms with Crippen LogP contribution >= 0.6 is 0 Å². The average molecular weight is 384 g/mol. The highest BCUT2D eigenvalue weighted by atomic mass is 16.5. The van der Waals surface area contributed by atoms with Crippen LogP contribution in [0.25, 0.3) is 0 Å². The SMILES string of the molecule is CCCCOc1noc2c1C(=O)C1=C(O)[C@H]3[C@@H](C[C@H]1[C@H]2N(C)C)[C@H]1C=C[C@@H]3C1. The average Bonchev–Trinajstić information content (AvgIpc) is 3.37. The van der Waals surface area contributed by atoms with Crippen LogP contribution in [-0.4, -0.2) is 41.6 Å². The number of fused-ring (bicyclic) bond motifs is 7. The summed E-state index contributed by atoms with van der Waals surface area (Å²) < 4.78 is 11.4. The lowest BCUT2D eigenvalue weighted by Crippen LogP contribution is -2.42. The second-order valence-corrected chi connectivity index (χ2v) is 8.95. The number of aliphatic hydroxyl groups is 1. The maximum atomic E-state index is 13.5. The Morgan fingerprint density at radius 1 is 1.29 bits per heavy atom. The molecule has 2 bridgehead atoms. The molecule has 5 rings (SSSR count). The van der Waals surface area contributed by atoms with Crippen LogP contribution in [0.1, 0.15) is 54.8 Å². The summed E-state index contributed by atoms with van der Waals surface area (Å²) in [6, 6.07) is -0.120. The first-order valence-corrected chi connectivity index (χ1v) is 10.5. The van der Waals surface area contributed by atoms with Crippen molar-refractivity contribution >= 4 is 5.78 Å². The van der Waals surface area contributed by atoms with Crippen molar-refractivity contribution in [3.8, 4) is 5.88 Å². The summed E-state index contributed by atoms with van der Waals surface area (Å²) in [5.74, 6) is 2.30. The van der Waals surface area contributed by atoms with Crippen molar-refractivity contribution in [2.45, 2.75) is 38.6 Å². The first-order valence-electron chi connectivity index (χ1n) is 10.5. The molecule has 0 unspecified atom stereocenters. The van der Waals surface area contributed by atoms with Crippen molar-refractivity contribution < 1.29 is 19.2 Å². The third-order valence-electron chi connectivity index (χ3n) is 7.21. The summed E-state index contributed by atoms with van der Waals surface area (Å²) in [7, 11) is 3.98. The molecule has 0 spiro atoms. The highest BCUT2D eigenvalue weighted by molar-refractivity contribution is 6.13. The van der Waals surface area contributed by atoms with Gasteiger partial charge in [-0.1, -0.05) is 25.5 Å². The number of nitrogens with zero attached hydrogens (tertiary/aromatic N) is 2. The van der Waals surface area contributed by atoms with Crippen molar-refractivity contribution in [1.29, 1.82) is 0 Å². The number of carbonyl (C=O) groups excluding carboxylic acids is 1. The second kappa shape index (κ2) is 6.48. The van der Waals surface area contributed by atoms with Gasteiger partial charge in [0.15, 0.2) is 5.76 Å². The van der Waals surface area contributed by atoms with Crippen LogP contribution in [0.3, 0.4) is 0 Å². The van der Waals surface area contributed by atoms with Crippen LogP contribution in [0.15, 0.2) is 28.0 Å². The minimum Gasteiger partial charge on any atom is -0.512 e. The maximum absolute atomic E-state index is 13.5. The fraction of sp³-hybridized carbons (Fsp3) is 0.636. The zero-order chi connectivity index (χ0) is 19.6.